The number of carboxylic acid groups (broad SMARTS) is 1. The van der Waals surface area contributed by atoms with E-state index >= 15 is 0 Å². The monoisotopic (exact) mass is 366 g/mol. The Morgan fingerprint density at radius 1 is 1.00 bits per heavy atom. The summed E-state index contributed by atoms with van der Waals surface area (Å²) in [5.74, 6) is -1.82. The van der Waals surface area contributed by atoms with Gasteiger partial charge < -0.3 is 15.7 Å². The van der Waals surface area contributed by atoms with Gasteiger partial charge in [-0.3, -0.25) is 9.59 Å². The lowest BCUT2D eigenvalue weighted by molar-refractivity contribution is -0.142. The lowest BCUT2D eigenvalue weighted by Crippen LogP contribution is -2.53. The minimum Gasteiger partial charge on any atom is -0.480 e. The van der Waals surface area contributed by atoms with Crippen molar-refractivity contribution in [2.45, 2.75) is 50.9 Å². The van der Waals surface area contributed by atoms with E-state index in [1.54, 1.807) is 19.1 Å². The number of rotatable bonds is 9. The van der Waals surface area contributed by atoms with Crippen LogP contribution in [0.1, 0.15) is 32.8 Å². The zero-order chi connectivity index (χ0) is 19.0. The molecular formula is C18H26N2O4S. The molecule has 0 aliphatic rings. The summed E-state index contributed by atoms with van der Waals surface area (Å²) < 4.78 is 0. The molecule has 1 aromatic carbocycles. The first-order valence-corrected chi connectivity index (χ1v) is 8.77. The van der Waals surface area contributed by atoms with E-state index in [1.165, 1.54) is 0 Å². The van der Waals surface area contributed by atoms with Crippen molar-refractivity contribution in [2.24, 2.45) is 5.92 Å². The molecule has 0 radical (unpaired) electrons. The second-order valence-corrected chi connectivity index (χ2v) is 7.23. The molecule has 3 N–H and O–H groups in total. The fourth-order valence-electron chi connectivity index (χ4n) is 2.32. The van der Waals surface area contributed by atoms with Crippen LogP contribution in [-0.4, -0.2) is 40.2 Å². The Labute approximate surface area is 153 Å². The zero-order valence-corrected chi connectivity index (χ0v) is 15.6. The van der Waals surface area contributed by atoms with Crippen molar-refractivity contribution < 1.29 is 19.5 Å². The molecule has 25 heavy (non-hydrogen) atoms. The van der Waals surface area contributed by atoms with Gasteiger partial charge in [-0.15, -0.1) is 0 Å². The number of nitrogens with one attached hydrogen (secondary N) is 2. The molecule has 138 valence electrons. The molecule has 2 unspecified atom stereocenters. The molecule has 3 atom stereocenters. The Morgan fingerprint density at radius 3 is 2.04 bits per heavy atom. The third-order valence-electron chi connectivity index (χ3n) is 3.62. The SMILES string of the molecule is CC(C)CC(NC(=O)C(C)S)C(=O)N[C@@H](Cc1ccccc1)C(=O)O. The van der Waals surface area contributed by atoms with E-state index in [4.69, 9.17) is 0 Å². The smallest absolute Gasteiger partial charge is 0.326 e. The Bertz CT molecular complexity index is 590. The van der Waals surface area contributed by atoms with Crippen LogP contribution in [0, 0.1) is 5.92 Å². The second kappa shape index (κ2) is 10.1. The second-order valence-electron chi connectivity index (χ2n) is 6.46. The molecule has 0 aromatic heterocycles. The molecule has 1 rings (SSSR count). The maximum Gasteiger partial charge on any atom is 0.326 e. The standard InChI is InChI=1S/C18H26N2O4S/c1-11(2)9-14(19-16(21)12(3)25)17(22)20-15(18(23)24)10-13-7-5-4-6-8-13/h4-8,11-12,14-15,25H,9-10H2,1-3H3,(H,19,21)(H,20,22)(H,23,24)/t12?,14?,15-/m0/s1. The van der Waals surface area contributed by atoms with Crippen molar-refractivity contribution in [2.75, 3.05) is 0 Å². The third kappa shape index (κ3) is 7.60. The summed E-state index contributed by atoms with van der Waals surface area (Å²) in [6.45, 7) is 5.46. The Kier molecular flexibility index (Phi) is 8.48. The molecule has 0 aliphatic heterocycles. The molecular weight excluding hydrogens is 340 g/mol. The van der Waals surface area contributed by atoms with Crippen molar-refractivity contribution in [3.63, 3.8) is 0 Å². The first kappa shape index (κ1) is 21.0. The van der Waals surface area contributed by atoms with Gasteiger partial charge in [0.05, 0.1) is 5.25 Å². The molecule has 0 fully saturated rings. The molecule has 0 saturated heterocycles. The van der Waals surface area contributed by atoms with Crippen molar-refractivity contribution in [3.8, 4) is 0 Å². The molecule has 2 amide bonds. The number of carbonyl (C=O) groups excluding carboxylic acids is 2. The number of carboxylic acids is 1. The molecule has 0 aliphatic carbocycles. The zero-order valence-electron chi connectivity index (χ0n) is 14.7. The number of benzene rings is 1. The fraction of sp³-hybridized carbons (Fsp3) is 0.500. The summed E-state index contributed by atoms with van der Waals surface area (Å²) in [4.78, 5) is 35.9. The van der Waals surface area contributed by atoms with Crippen molar-refractivity contribution >= 4 is 30.4 Å². The van der Waals surface area contributed by atoms with E-state index in [-0.39, 0.29) is 18.2 Å². The topological polar surface area (TPSA) is 95.5 Å². The lowest BCUT2D eigenvalue weighted by atomic mass is 10.0. The minimum atomic E-state index is -1.12. The van der Waals surface area contributed by atoms with Crippen LogP contribution < -0.4 is 10.6 Å². The van der Waals surface area contributed by atoms with Crippen LogP contribution in [0.5, 0.6) is 0 Å². The minimum absolute atomic E-state index is 0.156. The Morgan fingerprint density at radius 2 is 1.56 bits per heavy atom. The average molecular weight is 366 g/mol. The molecule has 7 heteroatoms. The maximum absolute atomic E-state index is 12.5. The number of carbonyl (C=O) groups is 3. The molecule has 0 bridgehead atoms. The predicted octanol–water partition coefficient (Wildman–Crippen LogP) is 1.65. The predicted molar refractivity (Wildman–Crippen MR) is 99.5 cm³/mol. The van der Waals surface area contributed by atoms with Crippen LogP contribution in [0.3, 0.4) is 0 Å². The summed E-state index contributed by atoms with van der Waals surface area (Å²) in [6, 6.07) is 7.22. The van der Waals surface area contributed by atoms with Gasteiger partial charge in [-0.05, 0) is 24.8 Å². The summed E-state index contributed by atoms with van der Waals surface area (Å²) >= 11 is 4.06. The van der Waals surface area contributed by atoms with Crippen LogP contribution in [0.25, 0.3) is 0 Å². The van der Waals surface area contributed by atoms with E-state index in [9.17, 15) is 19.5 Å². The first-order chi connectivity index (χ1) is 11.7. The number of hydrogen-bond donors (Lipinski definition) is 4. The van der Waals surface area contributed by atoms with E-state index in [0.717, 1.165) is 5.56 Å². The molecule has 1 aromatic rings. The van der Waals surface area contributed by atoms with Gasteiger partial charge in [-0.2, -0.15) is 12.6 Å². The third-order valence-corrected chi connectivity index (χ3v) is 3.85. The molecule has 0 saturated carbocycles. The van der Waals surface area contributed by atoms with Gasteiger partial charge in [0.25, 0.3) is 0 Å². The van der Waals surface area contributed by atoms with Crippen molar-refractivity contribution in [1.82, 2.24) is 10.6 Å². The van der Waals surface area contributed by atoms with Crippen molar-refractivity contribution in [1.29, 1.82) is 0 Å². The quantitative estimate of drug-likeness (QED) is 0.500. The van der Waals surface area contributed by atoms with E-state index in [0.29, 0.717) is 6.42 Å². The number of hydrogen-bond acceptors (Lipinski definition) is 4. The number of thiol groups is 1. The summed E-state index contributed by atoms with van der Waals surface area (Å²) in [5, 5.41) is 14.0. The van der Waals surface area contributed by atoms with Crippen molar-refractivity contribution in [3.05, 3.63) is 35.9 Å². The van der Waals surface area contributed by atoms with Gasteiger partial charge in [0, 0.05) is 6.42 Å². The summed E-state index contributed by atoms with van der Waals surface area (Å²) in [7, 11) is 0. The van der Waals surface area contributed by atoms with Crippen LogP contribution in [-0.2, 0) is 20.8 Å². The maximum atomic E-state index is 12.5. The van der Waals surface area contributed by atoms with E-state index in [2.05, 4.69) is 23.3 Å². The van der Waals surface area contributed by atoms with Gasteiger partial charge in [-0.25, -0.2) is 4.79 Å². The van der Waals surface area contributed by atoms with Crippen LogP contribution in [0.2, 0.25) is 0 Å². The molecule has 6 nitrogen and oxygen atoms in total. The van der Waals surface area contributed by atoms with Gasteiger partial charge in [0.1, 0.15) is 12.1 Å². The van der Waals surface area contributed by atoms with Crippen LogP contribution >= 0.6 is 12.6 Å². The molecule has 0 heterocycles. The summed E-state index contributed by atoms with van der Waals surface area (Å²) in [6.07, 6.45) is 0.586. The summed E-state index contributed by atoms with van der Waals surface area (Å²) in [5.41, 5.74) is 0.809. The van der Waals surface area contributed by atoms with Gasteiger partial charge in [0.2, 0.25) is 11.8 Å². The van der Waals surface area contributed by atoms with E-state index < -0.39 is 29.2 Å². The highest BCUT2D eigenvalue weighted by Crippen LogP contribution is 2.08. The highest BCUT2D eigenvalue weighted by atomic mass is 32.1. The fourth-order valence-corrected chi connectivity index (χ4v) is 2.39. The number of amides is 2. The Hall–Kier alpha value is -2.02. The van der Waals surface area contributed by atoms with Crippen LogP contribution in [0.4, 0.5) is 0 Å². The largest absolute Gasteiger partial charge is 0.480 e. The van der Waals surface area contributed by atoms with E-state index in [1.807, 2.05) is 32.0 Å². The van der Waals surface area contributed by atoms with Gasteiger partial charge >= 0.3 is 5.97 Å². The van der Waals surface area contributed by atoms with Gasteiger partial charge in [0.15, 0.2) is 0 Å². The van der Waals surface area contributed by atoms with Crippen LogP contribution in [0.15, 0.2) is 30.3 Å². The first-order valence-electron chi connectivity index (χ1n) is 8.26. The Balaban J connectivity index is 2.82. The van der Waals surface area contributed by atoms with Gasteiger partial charge in [-0.1, -0.05) is 44.2 Å². The normalized spacial score (nSPS) is 14.4. The lowest BCUT2D eigenvalue weighted by Gasteiger charge is -2.23. The molecule has 0 spiro atoms. The highest BCUT2D eigenvalue weighted by molar-refractivity contribution is 7.81. The number of aliphatic carboxylic acids is 1. The highest BCUT2D eigenvalue weighted by Gasteiger charge is 2.27. The average Bonchev–Trinajstić information content (AvgIpc) is 2.53.